The van der Waals surface area contributed by atoms with E-state index in [9.17, 15) is 14.0 Å². The van der Waals surface area contributed by atoms with Gasteiger partial charge in [-0.1, -0.05) is 23.2 Å². The first-order chi connectivity index (χ1) is 11.0. The SMILES string of the molecule is O=C1C[C@@H](Nc2ccc(F)cc2)C(=O)N1c1ccc(Cl)cc1Cl. The maximum atomic E-state index is 12.9. The van der Waals surface area contributed by atoms with Crippen molar-refractivity contribution < 1.29 is 14.0 Å². The van der Waals surface area contributed by atoms with Crippen LogP contribution in [0.25, 0.3) is 0 Å². The summed E-state index contributed by atoms with van der Waals surface area (Å²) in [5.41, 5.74) is 0.857. The summed E-state index contributed by atoms with van der Waals surface area (Å²) in [5, 5.41) is 3.57. The van der Waals surface area contributed by atoms with Gasteiger partial charge in [0.2, 0.25) is 5.91 Å². The minimum Gasteiger partial charge on any atom is -0.373 e. The maximum absolute atomic E-state index is 12.9. The van der Waals surface area contributed by atoms with Crippen LogP contribution in [0.4, 0.5) is 15.8 Å². The Kier molecular flexibility index (Phi) is 4.24. The monoisotopic (exact) mass is 352 g/mol. The molecule has 2 aromatic carbocycles. The van der Waals surface area contributed by atoms with Crippen LogP contribution < -0.4 is 10.2 Å². The second-order valence-electron chi connectivity index (χ2n) is 5.07. The molecule has 4 nitrogen and oxygen atoms in total. The lowest BCUT2D eigenvalue weighted by atomic mass is 10.2. The predicted octanol–water partition coefficient (Wildman–Crippen LogP) is 3.88. The number of anilines is 2. The third-order valence-electron chi connectivity index (χ3n) is 3.48. The average Bonchev–Trinajstić information content (AvgIpc) is 2.77. The fraction of sp³-hybridized carbons (Fsp3) is 0.125. The lowest BCUT2D eigenvalue weighted by Gasteiger charge is -2.17. The van der Waals surface area contributed by atoms with Crippen LogP contribution in [0.3, 0.4) is 0 Å². The quantitative estimate of drug-likeness (QED) is 0.852. The molecule has 1 heterocycles. The van der Waals surface area contributed by atoms with Gasteiger partial charge in [0.1, 0.15) is 11.9 Å². The van der Waals surface area contributed by atoms with Gasteiger partial charge in [-0.2, -0.15) is 0 Å². The van der Waals surface area contributed by atoms with E-state index in [2.05, 4.69) is 5.32 Å². The zero-order chi connectivity index (χ0) is 16.6. The third-order valence-corrected chi connectivity index (χ3v) is 4.02. The number of imide groups is 1. The molecule has 0 radical (unpaired) electrons. The van der Waals surface area contributed by atoms with E-state index in [1.54, 1.807) is 6.07 Å². The molecule has 23 heavy (non-hydrogen) atoms. The molecule has 118 valence electrons. The van der Waals surface area contributed by atoms with Crippen LogP contribution in [0, 0.1) is 5.82 Å². The molecule has 3 rings (SSSR count). The summed E-state index contributed by atoms with van der Waals surface area (Å²) in [7, 11) is 0. The van der Waals surface area contributed by atoms with E-state index in [-0.39, 0.29) is 23.2 Å². The number of hydrogen-bond acceptors (Lipinski definition) is 3. The molecule has 0 saturated carbocycles. The van der Waals surface area contributed by atoms with Crippen molar-refractivity contribution in [2.75, 3.05) is 10.2 Å². The van der Waals surface area contributed by atoms with Crippen molar-refractivity contribution in [2.45, 2.75) is 12.5 Å². The van der Waals surface area contributed by atoms with Crippen LogP contribution in [-0.4, -0.2) is 17.9 Å². The van der Waals surface area contributed by atoms with Gasteiger partial charge in [0, 0.05) is 10.7 Å². The highest BCUT2D eigenvalue weighted by molar-refractivity contribution is 6.38. The summed E-state index contributed by atoms with van der Waals surface area (Å²) in [6.07, 6.45) is -0.00480. The molecule has 1 saturated heterocycles. The summed E-state index contributed by atoms with van der Waals surface area (Å²) in [5.74, 6) is -1.15. The first-order valence-corrected chi connectivity index (χ1v) is 7.55. The van der Waals surface area contributed by atoms with Crippen molar-refractivity contribution in [2.24, 2.45) is 0 Å². The summed E-state index contributed by atoms with van der Waals surface area (Å²) in [4.78, 5) is 25.7. The number of rotatable bonds is 3. The lowest BCUT2D eigenvalue weighted by Crippen LogP contribution is -2.35. The van der Waals surface area contributed by atoms with Crippen LogP contribution in [0.5, 0.6) is 0 Å². The van der Waals surface area contributed by atoms with Gasteiger partial charge in [0.25, 0.3) is 5.91 Å². The highest BCUT2D eigenvalue weighted by Crippen LogP contribution is 2.32. The van der Waals surface area contributed by atoms with E-state index in [1.807, 2.05) is 0 Å². The first-order valence-electron chi connectivity index (χ1n) is 6.79. The molecule has 0 bridgehead atoms. The Hall–Kier alpha value is -2.11. The molecule has 0 aliphatic carbocycles. The van der Waals surface area contributed by atoms with Crippen molar-refractivity contribution in [3.63, 3.8) is 0 Å². The molecule has 1 N–H and O–H groups in total. The van der Waals surface area contributed by atoms with Crippen molar-refractivity contribution in [3.05, 3.63) is 58.3 Å². The van der Waals surface area contributed by atoms with Crippen LogP contribution in [0.15, 0.2) is 42.5 Å². The molecular formula is C16H11Cl2FN2O2. The number of carbonyl (C=O) groups is 2. The number of nitrogens with one attached hydrogen (secondary N) is 1. The zero-order valence-electron chi connectivity index (χ0n) is 11.7. The van der Waals surface area contributed by atoms with Gasteiger partial charge in [0.05, 0.1) is 17.1 Å². The van der Waals surface area contributed by atoms with Crippen LogP contribution in [0.1, 0.15) is 6.42 Å². The summed E-state index contributed by atoms with van der Waals surface area (Å²) < 4.78 is 12.9. The molecule has 2 aromatic rings. The topological polar surface area (TPSA) is 49.4 Å². The number of nitrogens with zero attached hydrogens (tertiary/aromatic N) is 1. The number of amides is 2. The Morgan fingerprint density at radius 2 is 1.78 bits per heavy atom. The molecule has 0 spiro atoms. The second-order valence-corrected chi connectivity index (χ2v) is 5.91. The van der Waals surface area contributed by atoms with Gasteiger partial charge in [-0.25, -0.2) is 9.29 Å². The van der Waals surface area contributed by atoms with Crippen molar-refractivity contribution in [3.8, 4) is 0 Å². The Morgan fingerprint density at radius 1 is 1.09 bits per heavy atom. The molecule has 1 fully saturated rings. The lowest BCUT2D eigenvalue weighted by molar-refractivity contribution is -0.121. The largest absolute Gasteiger partial charge is 0.373 e. The number of halogens is 3. The minimum absolute atomic E-state index is 0.00480. The predicted molar refractivity (Wildman–Crippen MR) is 87.4 cm³/mol. The maximum Gasteiger partial charge on any atom is 0.256 e. The number of benzene rings is 2. The Bertz CT molecular complexity index is 780. The first kappa shape index (κ1) is 15.8. The smallest absolute Gasteiger partial charge is 0.256 e. The van der Waals surface area contributed by atoms with E-state index < -0.39 is 11.9 Å². The fourth-order valence-electron chi connectivity index (χ4n) is 2.41. The summed E-state index contributed by atoms with van der Waals surface area (Å²) in [6.45, 7) is 0. The fourth-order valence-corrected chi connectivity index (χ4v) is 2.90. The van der Waals surface area contributed by atoms with Gasteiger partial charge in [0.15, 0.2) is 0 Å². The molecule has 0 aromatic heterocycles. The van der Waals surface area contributed by atoms with Gasteiger partial charge >= 0.3 is 0 Å². The third kappa shape index (κ3) is 3.16. The summed E-state index contributed by atoms with van der Waals surface area (Å²) in [6, 6.07) is 9.40. The van der Waals surface area contributed by atoms with E-state index in [0.717, 1.165) is 4.90 Å². The Balaban J connectivity index is 1.83. The van der Waals surface area contributed by atoms with Gasteiger partial charge in [-0.15, -0.1) is 0 Å². The van der Waals surface area contributed by atoms with E-state index in [1.165, 1.54) is 36.4 Å². The minimum atomic E-state index is -0.722. The van der Waals surface area contributed by atoms with Crippen molar-refractivity contribution in [1.29, 1.82) is 0 Å². The molecule has 7 heteroatoms. The molecule has 1 aliphatic rings. The Labute approximate surface area is 141 Å². The number of carbonyl (C=O) groups excluding carboxylic acids is 2. The molecule has 1 atom stereocenters. The second kappa shape index (κ2) is 6.18. The van der Waals surface area contributed by atoms with Crippen LogP contribution in [-0.2, 0) is 9.59 Å². The van der Waals surface area contributed by atoms with Gasteiger partial charge in [-0.3, -0.25) is 9.59 Å². The van der Waals surface area contributed by atoms with E-state index >= 15 is 0 Å². The average molecular weight is 353 g/mol. The molecule has 1 aliphatic heterocycles. The van der Waals surface area contributed by atoms with E-state index in [0.29, 0.717) is 16.4 Å². The normalized spacial score (nSPS) is 17.7. The molecular weight excluding hydrogens is 342 g/mol. The highest BCUT2D eigenvalue weighted by atomic mass is 35.5. The van der Waals surface area contributed by atoms with Crippen molar-refractivity contribution >= 4 is 46.4 Å². The number of hydrogen-bond donors (Lipinski definition) is 1. The standard InChI is InChI=1S/C16H11Cl2FN2O2/c17-9-1-6-14(12(18)7-9)21-15(22)8-13(16(21)23)20-11-4-2-10(19)3-5-11/h1-7,13,20H,8H2/t13-/m1/s1. The van der Waals surface area contributed by atoms with Crippen LogP contribution >= 0.6 is 23.2 Å². The van der Waals surface area contributed by atoms with Gasteiger partial charge < -0.3 is 5.32 Å². The molecule has 2 amide bonds. The molecule has 0 unspecified atom stereocenters. The Morgan fingerprint density at radius 3 is 2.43 bits per heavy atom. The summed E-state index contributed by atoms with van der Waals surface area (Å²) >= 11 is 11.9. The zero-order valence-corrected chi connectivity index (χ0v) is 13.2. The highest BCUT2D eigenvalue weighted by Gasteiger charge is 2.40. The van der Waals surface area contributed by atoms with Crippen molar-refractivity contribution in [1.82, 2.24) is 0 Å². The van der Waals surface area contributed by atoms with E-state index in [4.69, 9.17) is 23.2 Å². The van der Waals surface area contributed by atoms with Gasteiger partial charge in [-0.05, 0) is 42.5 Å². The van der Waals surface area contributed by atoms with Crippen LogP contribution in [0.2, 0.25) is 10.0 Å².